The summed E-state index contributed by atoms with van der Waals surface area (Å²) in [5.74, 6) is 0. The van der Waals surface area contributed by atoms with E-state index >= 15 is 0 Å². The van der Waals surface area contributed by atoms with E-state index in [1.54, 1.807) is 11.3 Å². The SMILES string of the molecule is CC(C)(C)OC(=O)N1CCC(Sc2cncs2)CC1. The zero-order chi connectivity index (χ0) is 13.9. The highest BCUT2D eigenvalue weighted by Gasteiger charge is 2.27. The summed E-state index contributed by atoms with van der Waals surface area (Å²) in [5.41, 5.74) is 1.45. The average molecular weight is 300 g/mol. The van der Waals surface area contributed by atoms with E-state index in [9.17, 15) is 4.79 Å². The Bertz CT molecular complexity index is 407. The smallest absolute Gasteiger partial charge is 0.410 e. The molecule has 1 saturated heterocycles. The van der Waals surface area contributed by atoms with Crippen LogP contribution in [-0.4, -0.2) is 39.9 Å². The molecule has 1 fully saturated rings. The second-order valence-electron chi connectivity index (χ2n) is 5.61. The van der Waals surface area contributed by atoms with Gasteiger partial charge < -0.3 is 9.64 Å². The Labute approximate surface area is 122 Å². The third-order valence-electron chi connectivity index (χ3n) is 2.79. The van der Waals surface area contributed by atoms with E-state index < -0.39 is 5.60 Å². The largest absolute Gasteiger partial charge is 0.444 e. The summed E-state index contributed by atoms with van der Waals surface area (Å²) in [6.07, 6.45) is 3.76. The standard InChI is InChI=1S/C13H20N2O2S2/c1-13(2,3)17-12(16)15-6-4-10(5-7-15)19-11-8-14-9-18-11/h8-10H,4-7H2,1-3H3. The van der Waals surface area contributed by atoms with Gasteiger partial charge in [-0.1, -0.05) is 0 Å². The summed E-state index contributed by atoms with van der Waals surface area (Å²) >= 11 is 3.55. The molecule has 19 heavy (non-hydrogen) atoms. The summed E-state index contributed by atoms with van der Waals surface area (Å²) in [7, 11) is 0. The van der Waals surface area contributed by atoms with Crippen LogP contribution < -0.4 is 0 Å². The van der Waals surface area contributed by atoms with Gasteiger partial charge in [-0.2, -0.15) is 0 Å². The average Bonchev–Trinajstić information content (AvgIpc) is 2.80. The van der Waals surface area contributed by atoms with Crippen LogP contribution in [0.1, 0.15) is 33.6 Å². The lowest BCUT2D eigenvalue weighted by atomic mass is 10.1. The van der Waals surface area contributed by atoms with Crippen LogP contribution in [0.4, 0.5) is 4.79 Å². The van der Waals surface area contributed by atoms with Crippen molar-refractivity contribution in [1.29, 1.82) is 0 Å². The molecular formula is C13H20N2O2S2. The van der Waals surface area contributed by atoms with Gasteiger partial charge >= 0.3 is 6.09 Å². The lowest BCUT2D eigenvalue weighted by molar-refractivity contribution is 0.0219. The number of carbonyl (C=O) groups is 1. The fourth-order valence-corrected chi connectivity index (χ4v) is 3.91. The second-order valence-corrected chi connectivity index (χ2v) is 8.09. The molecular weight excluding hydrogens is 280 g/mol. The molecule has 1 aliphatic rings. The predicted molar refractivity (Wildman–Crippen MR) is 78.8 cm³/mol. The van der Waals surface area contributed by atoms with Crippen LogP contribution >= 0.6 is 23.1 Å². The molecule has 2 heterocycles. The number of thiazole rings is 1. The minimum Gasteiger partial charge on any atom is -0.444 e. The van der Waals surface area contributed by atoms with Gasteiger partial charge in [0.25, 0.3) is 0 Å². The molecule has 0 saturated carbocycles. The summed E-state index contributed by atoms with van der Waals surface area (Å²) in [6.45, 7) is 7.27. The van der Waals surface area contributed by atoms with Crippen molar-refractivity contribution in [2.24, 2.45) is 0 Å². The molecule has 0 aliphatic carbocycles. The van der Waals surface area contributed by atoms with E-state index in [2.05, 4.69) is 4.98 Å². The molecule has 1 aromatic heterocycles. The highest BCUT2D eigenvalue weighted by atomic mass is 32.2. The Morgan fingerprint density at radius 2 is 2.16 bits per heavy atom. The number of piperidine rings is 1. The molecule has 1 amide bonds. The number of carbonyl (C=O) groups excluding carboxylic acids is 1. The molecule has 2 rings (SSSR count). The first-order valence-corrected chi connectivity index (χ1v) is 8.23. The van der Waals surface area contributed by atoms with E-state index in [1.165, 1.54) is 4.21 Å². The molecule has 1 aromatic rings. The Morgan fingerprint density at radius 3 is 2.68 bits per heavy atom. The van der Waals surface area contributed by atoms with E-state index in [0.717, 1.165) is 25.9 Å². The van der Waals surface area contributed by atoms with Crippen molar-refractivity contribution in [3.63, 3.8) is 0 Å². The third-order valence-corrected chi connectivity index (χ3v) is 5.07. The molecule has 6 heteroatoms. The Kier molecular flexibility index (Phi) is 4.73. The fraction of sp³-hybridized carbons (Fsp3) is 0.692. The molecule has 0 aromatic carbocycles. The van der Waals surface area contributed by atoms with Gasteiger partial charge in [-0.15, -0.1) is 23.1 Å². The minimum atomic E-state index is -0.411. The first kappa shape index (κ1) is 14.7. The lowest BCUT2D eigenvalue weighted by Crippen LogP contribution is -2.42. The van der Waals surface area contributed by atoms with Crippen LogP contribution in [-0.2, 0) is 4.74 Å². The number of nitrogens with zero attached hydrogens (tertiary/aromatic N) is 2. The Morgan fingerprint density at radius 1 is 1.47 bits per heavy atom. The molecule has 0 spiro atoms. The van der Waals surface area contributed by atoms with Crippen molar-refractivity contribution >= 4 is 29.2 Å². The molecule has 0 atom stereocenters. The maximum Gasteiger partial charge on any atom is 0.410 e. The van der Waals surface area contributed by atoms with Crippen LogP contribution in [0.15, 0.2) is 15.9 Å². The zero-order valence-corrected chi connectivity index (χ0v) is 13.2. The van der Waals surface area contributed by atoms with E-state index in [-0.39, 0.29) is 6.09 Å². The van der Waals surface area contributed by atoms with Gasteiger partial charge in [0.1, 0.15) is 5.60 Å². The van der Waals surface area contributed by atoms with Crippen molar-refractivity contribution < 1.29 is 9.53 Å². The number of hydrogen-bond acceptors (Lipinski definition) is 5. The maximum atomic E-state index is 11.9. The van der Waals surface area contributed by atoms with Crippen molar-refractivity contribution in [2.45, 2.75) is 48.7 Å². The van der Waals surface area contributed by atoms with Gasteiger partial charge in [0.15, 0.2) is 0 Å². The summed E-state index contributed by atoms with van der Waals surface area (Å²) in [5, 5.41) is 0.583. The molecule has 0 N–H and O–H groups in total. The van der Waals surface area contributed by atoms with Gasteiger partial charge in [0, 0.05) is 18.3 Å². The lowest BCUT2D eigenvalue weighted by Gasteiger charge is -2.33. The first-order chi connectivity index (χ1) is 8.94. The van der Waals surface area contributed by atoms with E-state index in [4.69, 9.17) is 4.74 Å². The van der Waals surface area contributed by atoms with Gasteiger partial charge in [-0.05, 0) is 33.6 Å². The van der Waals surface area contributed by atoms with Crippen LogP contribution in [0, 0.1) is 0 Å². The molecule has 1 aliphatic heterocycles. The number of aromatic nitrogens is 1. The summed E-state index contributed by atoms with van der Waals surface area (Å²) in [6, 6.07) is 0. The van der Waals surface area contributed by atoms with Gasteiger partial charge in [0.2, 0.25) is 0 Å². The molecule has 106 valence electrons. The molecule has 0 bridgehead atoms. The highest BCUT2D eigenvalue weighted by molar-refractivity contribution is 8.01. The Hall–Kier alpha value is -0.750. The topological polar surface area (TPSA) is 42.4 Å². The zero-order valence-electron chi connectivity index (χ0n) is 11.6. The number of thioether (sulfide) groups is 1. The molecule has 0 unspecified atom stereocenters. The monoisotopic (exact) mass is 300 g/mol. The van der Waals surface area contributed by atoms with Gasteiger partial charge in [-0.25, -0.2) is 4.79 Å². The minimum absolute atomic E-state index is 0.186. The maximum absolute atomic E-state index is 11.9. The van der Waals surface area contributed by atoms with Crippen LogP contribution in [0.3, 0.4) is 0 Å². The first-order valence-electron chi connectivity index (χ1n) is 6.47. The van der Waals surface area contributed by atoms with Gasteiger partial charge in [-0.3, -0.25) is 4.98 Å². The van der Waals surface area contributed by atoms with Crippen molar-refractivity contribution in [3.05, 3.63) is 11.7 Å². The summed E-state index contributed by atoms with van der Waals surface area (Å²) in [4.78, 5) is 17.8. The second kappa shape index (κ2) is 6.13. The molecule has 0 radical (unpaired) electrons. The normalized spacial score (nSPS) is 17.5. The van der Waals surface area contributed by atoms with Crippen molar-refractivity contribution in [3.8, 4) is 0 Å². The number of likely N-dealkylation sites (tertiary alicyclic amines) is 1. The summed E-state index contributed by atoms with van der Waals surface area (Å²) < 4.78 is 6.65. The van der Waals surface area contributed by atoms with Crippen molar-refractivity contribution in [1.82, 2.24) is 9.88 Å². The van der Waals surface area contributed by atoms with Gasteiger partial charge in [0.05, 0.1) is 15.9 Å². The number of rotatable bonds is 2. The Balaban J connectivity index is 1.77. The van der Waals surface area contributed by atoms with Crippen LogP contribution in [0.2, 0.25) is 0 Å². The molecule has 4 nitrogen and oxygen atoms in total. The van der Waals surface area contributed by atoms with Crippen LogP contribution in [0.5, 0.6) is 0 Å². The number of amides is 1. The number of hydrogen-bond donors (Lipinski definition) is 0. The van der Waals surface area contributed by atoms with Crippen molar-refractivity contribution in [2.75, 3.05) is 13.1 Å². The van der Waals surface area contributed by atoms with Crippen LogP contribution in [0.25, 0.3) is 0 Å². The third kappa shape index (κ3) is 4.69. The van der Waals surface area contributed by atoms with E-state index in [0.29, 0.717) is 5.25 Å². The predicted octanol–water partition coefficient (Wildman–Crippen LogP) is 3.63. The quantitative estimate of drug-likeness (QED) is 0.836. The highest BCUT2D eigenvalue weighted by Crippen LogP contribution is 2.32. The fourth-order valence-electron chi connectivity index (χ4n) is 1.91. The van der Waals surface area contributed by atoms with E-state index in [1.807, 2.05) is 49.1 Å². The number of ether oxygens (including phenoxy) is 1.